The van der Waals surface area contributed by atoms with Crippen molar-refractivity contribution in [3.63, 3.8) is 0 Å². The Labute approximate surface area is 99.0 Å². The van der Waals surface area contributed by atoms with Gasteiger partial charge in [-0.1, -0.05) is 0 Å². The van der Waals surface area contributed by atoms with E-state index in [0.29, 0.717) is 13.0 Å². The monoisotopic (exact) mass is 261 g/mol. The second-order valence-corrected chi connectivity index (χ2v) is 6.61. The quantitative estimate of drug-likeness (QED) is 0.809. The zero-order chi connectivity index (χ0) is 12.8. The van der Waals surface area contributed by atoms with Gasteiger partial charge in [-0.15, -0.1) is 0 Å². The van der Waals surface area contributed by atoms with Crippen molar-refractivity contribution in [1.82, 2.24) is 4.90 Å². The van der Waals surface area contributed by atoms with E-state index in [1.54, 1.807) is 11.9 Å². The van der Waals surface area contributed by atoms with Gasteiger partial charge in [-0.05, 0) is 31.2 Å². The Morgan fingerprint density at radius 3 is 2.06 bits per heavy atom. The molecule has 2 rings (SSSR count). The van der Waals surface area contributed by atoms with E-state index >= 15 is 0 Å². The highest BCUT2D eigenvalue weighted by atomic mass is 32.2. The van der Waals surface area contributed by atoms with Gasteiger partial charge in [0, 0.05) is 18.9 Å². The minimum atomic E-state index is -3.47. The van der Waals surface area contributed by atoms with Crippen molar-refractivity contribution in [3.8, 4) is 0 Å². The molecule has 0 aromatic heterocycles. The third-order valence-electron chi connectivity index (χ3n) is 3.33. The van der Waals surface area contributed by atoms with E-state index in [1.165, 1.54) is 0 Å². The van der Waals surface area contributed by atoms with Gasteiger partial charge in [-0.3, -0.25) is 4.90 Å². The van der Waals surface area contributed by atoms with Gasteiger partial charge in [0.2, 0.25) is 0 Å². The third kappa shape index (κ3) is 1.75. The van der Waals surface area contributed by atoms with Gasteiger partial charge in [0.25, 0.3) is 0 Å². The lowest BCUT2D eigenvalue weighted by Gasteiger charge is -2.49. The maximum Gasteiger partial charge on any atom is 0.170 e. The molecule has 17 heavy (non-hydrogen) atoms. The molecule has 0 spiro atoms. The molecule has 0 radical (unpaired) electrons. The van der Waals surface area contributed by atoms with Crippen molar-refractivity contribution in [2.75, 3.05) is 19.8 Å². The van der Waals surface area contributed by atoms with Crippen LogP contribution in [0.2, 0.25) is 0 Å². The van der Waals surface area contributed by atoms with Gasteiger partial charge in [0.1, 0.15) is 11.6 Å². The van der Waals surface area contributed by atoms with E-state index in [4.69, 9.17) is 0 Å². The van der Waals surface area contributed by atoms with Crippen LogP contribution in [-0.4, -0.2) is 33.2 Å². The van der Waals surface area contributed by atoms with Crippen molar-refractivity contribution >= 4 is 9.84 Å². The van der Waals surface area contributed by atoms with Gasteiger partial charge in [-0.2, -0.15) is 0 Å². The second-order valence-electron chi connectivity index (χ2n) is 4.39. The van der Waals surface area contributed by atoms with Crippen molar-refractivity contribution in [2.24, 2.45) is 0 Å². The summed E-state index contributed by atoms with van der Waals surface area (Å²) in [5.41, 5.74) is 0.159. The standard InChI is InChI=1S/C11H13F2NO2S/c1-14-4-3-11(14,17(2,15)16)8-5-9(12)7-10(13)6-8/h5-7H,3-4H2,1-2H3. The summed E-state index contributed by atoms with van der Waals surface area (Å²) in [5.74, 6) is -1.52. The molecule has 0 N–H and O–H groups in total. The first kappa shape index (κ1) is 12.4. The number of rotatable bonds is 2. The lowest BCUT2D eigenvalue weighted by atomic mass is 9.94. The van der Waals surface area contributed by atoms with Gasteiger partial charge in [-0.25, -0.2) is 17.2 Å². The average Bonchev–Trinajstić information content (AvgIpc) is 2.12. The van der Waals surface area contributed by atoms with Gasteiger partial charge in [0.05, 0.1) is 0 Å². The summed E-state index contributed by atoms with van der Waals surface area (Å²) in [7, 11) is -1.84. The average molecular weight is 261 g/mol. The summed E-state index contributed by atoms with van der Waals surface area (Å²) in [5, 5.41) is 0. The Morgan fingerprint density at radius 2 is 1.76 bits per heavy atom. The number of halogens is 2. The normalized spacial score (nSPS) is 25.6. The number of hydrogen-bond acceptors (Lipinski definition) is 3. The van der Waals surface area contributed by atoms with E-state index in [-0.39, 0.29) is 5.56 Å². The summed E-state index contributed by atoms with van der Waals surface area (Å²) in [6, 6.07) is 2.90. The molecule has 3 nitrogen and oxygen atoms in total. The fourth-order valence-electron chi connectivity index (χ4n) is 2.37. The van der Waals surface area contributed by atoms with Crippen LogP contribution in [0.25, 0.3) is 0 Å². The van der Waals surface area contributed by atoms with E-state index < -0.39 is 26.3 Å². The zero-order valence-electron chi connectivity index (χ0n) is 9.57. The summed E-state index contributed by atoms with van der Waals surface area (Å²) in [6.07, 6.45) is 1.44. The maximum atomic E-state index is 13.2. The summed E-state index contributed by atoms with van der Waals surface area (Å²) < 4.78 is 50.1. The fourth-order valence-corrected chi connectivity index (χ4v) is 4.03. The highest BCUT2D eigenvalue weighted by Crippen LogP contribution is 2.43. The molecule has 0 saturated carbocycles. The fraction of sp³-hybridized carbons (Fsp3) is 0.455. The number of nitrogens with zero attached hydrogens (tertiary/aromatic N) is 1. The molecule has 0 bridgehead atoms. The molecule has 1 atom stereocenters. The predicted octanol–water partition coefficient (Wildman–Crippen LogP) is 1.50. The van der Waals surface area contributed by atoms with Crippen molar-refractivity contribution in [1.29, 1.82) is 0 Å². The minimum Gasteiger partial charge on any atom is -0.284 e. The Hall–Kier alpha value is -1.01. The molecule has 1 heterocycles. The molecular formula is C11H13F2NO2S. The highest BCUT2D eigenvalue weighted by Gasteiger charge is 2.52. The van der Waals surface area contributed by atoms with Crippen LogP contribution in [0.1, 0.15) is 12.0 Å². The molecule has 1 unspecified atom stereocenters. The van der Waals surface area contributed by atoms with Crippen LogP contribution < -0.4 is 0 Å². The first-order chi connectivity index (χ1) is 7.77. The molecule has 6 heteroatoms. The molecule has 1 fully saturated rings. The molecule has 1 aromatic carbocycles. The number of benzene rings is 1. The zero-order valence-corrected chi connectivity index (χ0v) is 10.4. The third-order valence-corrected chi connectivity index (χ3v) is 5.31. The largest absolute Gasteiger partial charge is 0.284 e. The predicted molar refractivity (Wildman–Crippen MR) is 60.1 cm³/mol. The second kappa shape index (κ2) is 3.74. The van der Waals surface area contributed by atoms with Gasteiger partial charge >= 0.3 is 0 Å². The van der Waals surface area contributed by atoms with E-state index in [1.807, 2.05) is 0 Å². The highest BCUT2D eigenvalue weighted by molar-refractivity contribution is 7.91. The number of likely N-dealkylation sites (tertiary alicyclic amines) is 1. The molecule has 1 aliphatic rings. The van der Waals surface area contributed by atoms with Crippen LogP contribution >= 0.6 is 0 Å². The van der Waals surface area contributed by atoms with Crippen molar-refractivity contribution < 1.29 is 17.2 Å². The number of hydrogen-bond donors (Lipinski definition) is 0. The number of sulfone groups is 1. The van der Waals surface area contributed by atoms with E-state index in [0.717, 1.165) is 24.5 Å². The van der Waals surface area contributed by atoms with Crippen LogP contribution in [-0.2, 0) is 14.7 Å². The smallest absolute Gasteiger partial charge is 0.170 e. The lowest BCUT2D eigenvalue weighted by molar-refractivity contribution is 0.0825. The first-order valence-electron chi connectivity index (χ1n) is 5.15. The molecule has 1 aromatic rings. The SMILES string of the molecule is CN1CCC1(c1cc(F)cc(F)c1)S(C)(=O)=O. The molecule has 0 amide bonds. The lowest BCUT2D eigenvalue weighted by Crippen LogP contribution is -2.59. The summed E-state index contributed by atoms with van der Waals surface area (Å²) in [4.78, 5) is 0.312. The van der Waals surface area contributed by atoms with Crippen LogP contribution in [0.3, 0.4) is 0 Å². The van der Waals surface area contributed by atoms with Gasteiger partial charge < -0.3 is 0 Å². The van der Waals surface area contributed by atoms with Crippen LogP contribution in [0, 0.1) is 11.6 Å². The van der Waals surface area contributed by atoms with E-state index in [9.17, 15) is 17.2 Å². The van der Waals surface area contributed by atoms with Gasteiger partial charge in [0.15, 0.2) is 14.7 Å². The molecule has 1 aliphatic heterocycles. The van der Waals surface area contributed by atoms with Crippen molar-refractivity contribution in [3.05, 3.63) is 35.4 Å². The minimum absolute atomic E-state index is 0.159. The van der Waals surface area contributed by atoms with Crippen LogP contribution in [0.5, 0.6) is 0 Å². The Morgan fingerprint density at radius 1 is 1.24 bits per heavy atom. The summed E-state index contributed by atoms with van der Waals surface area (Å²) >= 11 is 0. The molecule has 94 valence electrons. The molecule has 0 aliphatic carbocycles. The molecule has 1 saturated heterocycles. The van der Waals surface area contributed by atoms with Crippen LogP contribution in [0.15, 0.2) is 18.2 Å². The Balaban J connectivity index is 2.63. The summed E-state index contributed by atoms with van der Waals surface area (Å²) in [6.45, 7) is 0.588. The maximum absolute atomic E-state index is 13.2. The van der Waals surface area contributed by atoms with E-state index in [2.05, 4.69) is 0 Å². The topological polar surface area (TPSA) is 37.4 Å². The van der Waals surface area contributed by atoms with Crippen LogP contribution in [0.4, 0.5) is 8.78 Å². The first-order valence-corrected chi connectivity index (χ1v) is 7.04. The Kier molecular flexibility index (Phi) is 2.74. The molecular weight excluding hydrogens is 248 g/mol. The Bertz CT molecular complexity index is 538. The van der Waals surface area contributed by atoms with Crippen molar-refractivity contribution in [2.45, 2.75) is 11.3 Å².